The van der Waals surface area contributed by atoms with Crippen molar-refractivity contribution < 1.29 is 13.9 Å². The van der Waals surface area contributed by atoms with Crippen molar-refractivity contribution in [1.82, 2.24) is 10.2 Å². The molecule has 1 aliphatic heterocycles. The van der Waals surface area contributed by atoms with E-state index < -0.39 is 17.4 Å². The Morgan fingerprint density at radius 1 is 1.25 bits per heavy atom. The lowest BCUT2D eigenvalue weighted by Crippen LogP contribution is -2.44. The van der Waals surface area contributed by atoms with E-state index in [1.807, 2.05) is 6.92 Å². The molecule has 1 saturated heterocycles. The summed E-state index contributed by atoms with van der Waals surface area (Å²) >= 11 is 2.97. The van der Waals surface area contributed by atoms with Crippen molar-refractivity contribution in [2.75, 3.05) is 26.2 Å². The molecule has 1 aromatic carbocycles. The van der Waals surface area contributed by atoms with Gasteiger partial charge in [0.25, 0.3) is 0 Å². The van der Waals surface area contributed by atoms with E-state index in [-0.39, 0.29) is 35.3 Å². The molecule has 0 aromatic heterocycles. The number of hydrogen-bond acceptors (Lipinski definition) is 3. The van der Waals surface area contributed by atoms with Gasteiger partial charge in [0.05, 0.1) is 4.47 Å². The first-order chi connectivity index (χ1) is 8.52. The molecule has 2 rings (SSSR count). The number of rotatable bonds is 2. The summed E-state index contributed by atoms with van der Waals surface area (Å²) < 4.78 is 26.8. The van der Waals surface area contributed by atoms with Gasteiger partial charge >= 0.3 is 0 Å². The summed E-state index contributed by atoms with van der Waals surface area (Å²) in [6.07, 6.45) is 0. The van der Waals surface area contributed by atoms with Crippen LogP contribution in [-0.4, -0.2) is 36.2 Å². The number of nitrogens with one attached hydrogen (secondary N) is 1. The zero-order valence-corrected chi connectivity index (χ0v) is 14.0. The summed E-state index contributed by atoms with van der Waals surface area (Å²) in [5.74, 6) is -2.84. The molecule has 116 valence electrons. The molecule has 1 aliphatic rings. The molecule has 0 amide bonds. The average Bonchev–Trinajstić information content (AvgIpc) is 2.41. The fourth-order valence-corrected chi connectivity index (χ4v) is 2.61. The lowest BCUT2D eigenvalue weighted by atomic mass is 10.0. The van der Waals surface area contributed by atoms with E-state index in [1.54, 1.807) is 0 Å². The van der Waals surface area contributed by atoms with E-state index >= 15 is 0 Å². The minimum Gasteiger partial charge on any atom is -0.505 e. The molecule has 8 heteroatoms. The van der Waals surface area contributed by atoms with Gasteiger partial charge in [0.2, 0.25) is 5.82 Å². The Labute approximate surface area is 137 Å². The van der Waals surface area contributed by atoms with Gasteiger partial charge in [-0.2, -0.15) is 4.39 Å². The molecule has 0 saturated carbocycles. The average molecular weight is 394 g/mol. The molecule has 2 N–H and O–H groups in total. The van der Waals surface area contributed by atoms with E-state index in [0.717, 1.165) is 26.2 Å². The topological polar surface area (TPSA) is 35.5 Å². The van der Waals surface area contributed by atoms with Crippen molar-refractivity contribution >= 4 is 40.7 Å². The van der Waals surface area contributed by atoms with Gasteiger partial charge in [-0.05, 0) is 28.9 Å². The second kappa shape index (κ2) is 8.34. The van der Waals surface area contributed by atoms with E-state index in [2.05, 4.69) is 26.1 Å². The number of nitrogens with zero attached hydrogens (tertiary/aromatic N) is 1. The molecule has 1 heterocycles. The SMILES string of the molecule is C[C@H](c1cc(Br)c(F)c(F)c1O)N1CCNCC1.Cl.Cl. The Bertz CT molecular complexity index is 460. The summed E-state index contributed by atoms with van der Waals surface area (Å²) in [4.78, 5) is 2.12. The van der Waals surface area contributed by atoms with Crippen LogP contribution in [0.2, 0.25) is 0 Å². The van der Waals surface area contributed by atoms with Crippen LogP contribution < -0.4 is 5.32 Å². The molecule has 0 bridgehead atoms. The number of halogens is 5. The Kier molecular flexibility index (Phi) is 8.28. The third-order valence-corrected chi connectivity index (χ3v) is 3.89. The molecule has 0 aliphatic carbocycles. The zero-order valence-electron chi connectivity index (χ0n) is 10.8. The number of phenolic OH excluding ortho intramolecular Hbond substituents is 1. The predicted octanol–water partition coefficient (Wildman–Crippen LogP) is 3.24. The first-order valence-electron chi connectivity index (χ1n) is 5.83. The maximum Gasteiger partial charge on any atom is 0.201 e. The molecule has 0 unspecified atom stereocenters. The second-order valence-electron chi connectivity index (χ2n) is 4.39. The van der Waals surface area contributed by atoms with E-state index in [1.165, 1.54) is 6.07 Å². The quantitative estimate of drug-likeness (QED) is 0.757. The number of hydrogen-bond donors (Lipinski definition) is 2. The van der Waals surface area contributed by atoms with Crippen LogP contribution in [0.4, 0.5) is 8.78 Å². The monoisotopic (exact) mass is 392 g/mol. The molecule has 20 heavy (non-hydrogen) atoms. The maximum atomic E-state index is 13.5. The summed E-state index contributed by atoms with van der Waals surface area (Å²) in [6, 6.07) is 1.29. The number of benzene rings is 1. The molecular weight excluding hydrogens is 377 g/mol. The van der Waals surface area contributed by atoms with Crippen molar-refractivity contribution in [1.29, 1.82) is 0 Å². The highest BCUT2D eigenvalue weighted by atomic mass is 79.9. The van der Waals surface area contributed by atoms with Crippen molar-refractivity contribution in [2.24, 2.45) is 0 Å². The minimum atomic E-state index is -1.19. The first-order valence-corrected chi connectivity index (χ1v) is 6.62. The summed E-state index contributed by atoms with van der Waals surface area (Å²) in [7, 11) is 0. The summed E-state index contributed by atoms with van der Waals surface area (Å²) in [5, 5.41) is 12.9. The second-order valence-corrected chi connectivity index (χ2v) is 5.24. The Morgan fingerprint density at radius 2 is 1.80 bits per heavy atom. The number of piperazine rings is 1. The molecule has 1 aromatic rings. The van der Waals surface area contributed by atoms with Crippen LogP contribution in [0.5, 0.6) is 5.75 Å². The van der Waals surface area contributed by atoms with Crippen molar-refractivity contribution in [3.05, 3.63) is 27.7 Å². The van der Waals surface area contributed by atoms with Gasteiger partial charge < -0.3 is 10.4 Å². The largest absolute Gasteiger partial charge is 0.505 e. The fourth-order valence-electron chi connectivity index (χ4n) is 2.19. The van der Waals surface area contributed by atoms with Crippen LogP contribution in [0, 0.1) is 11.6 Å². The lowest BCUT2D eigenvalue weighted by Gasteiger charge is -2.33. The highest BCUT2D eigenvalue weighted by Gasteiger charge is 2.24. The van der Waals surface area contributed by atoms with Crippen LogP contribution >= 0.6 is 40.7 Å². The van der Waals surface area contributed by atoms with E-state index in [0.29, 0.717) is 5.56 Å². The van der Waals surface area contributed by atoms with Gasteiger partial charge in [-0.1, -0.05) is 0 Å². The Balaban J connectivity index is 0.00000180. The molecule has 3 nitrogen and oxygen atoms in total. The standard InChI is InChI=1S/C12H15BrF2N2O.2ClH/c1-7(17-4-2-16-3-5-17)8-6-9(13)10(14)11(15)12(8)18;;/h6-7,16,18H,2-5H2,1H3;2*1H/t7-;;/m1../s1. The first kappa shape index (κ1) is 19.9. The third kappa shape index (κ3) is 3.95. The molecular formula is C12H17BrCl2F2N2O. The van der Waals surface area contributed by atoms with Gasteiger partial charge in [-0.15, -0.1) is 24.8 Å². The molecule has 0 spiro atoms. The van der Waals surface area contributed by atoms with Gasteiger partial charge in [-0.3, -0.25) is 4.90 Å². The van der Waals surface area contributed by atoms with Gasteiger partial charge in [0.15, 0.2) is 11.6 Å². The minimum absolute atomic E-state index is 0. The van der Waals surface area contributed by atoms with Crippen LogP contribution in [0.15, 0.2) is 10.5 Å². The van der Waals surface area contributed by atoms with E-state index in [9.17, 15) is 13.9 Å². The zero-order chi connectivity index (χ0) is 13.3. The number of phenols is 1. The fraction of sp³-hybridized carbons (Fsp3) is 0.500. The summed E-state index contributed by atoms with van der Waals surface area (Å²) in [6.45, 7) is 5.23. The lowest BCUT2D eigenvalue weighted by molar-refractivity contribution is 0.182. The van der Waals surface area contributed by atoms with Gasteiger partial charge in [0, 0.05) is 37.8 Å². The Morgan fingerprint density at radius 3 is 2.35 bits per heavy atom. The molecule has 1 fully saturated rings. The number of aromatic hydroxyl groups is 1. The van der Waals surface area contributed by atoms with Crippen molar-refractivity contribution in [2.45, 2.75) is 13.0 Å². The van der Waals surface area contributed by atoms with Crippen molar-refractivity contribution in [3.8, 4) is 5.75 Å². The highest BCUT2D eigenvalue weighted by molar-refractivity contribution is 9.10. The third-order valence-electron chi connectivity index (χ3n) is 3.32. The van der Waals surface area contributed by atoms with Gasteiger partial charge in [0.1, 0.15) is 0 Å². The van der Waals surface area contributed by atoms with Crippen LogP contribution in [0.3, 0.4) is 0 Å². The normalized spacial score (nSPS) is 17.0. The van der Waals surface area contributed by atoms with Crippen LogP contribution in [0.25, 0.3) is 0 Å². The van der Waals surface area contributed by atoms with Crippen molar-refractivity contribution in [3.63, 3.8) is 0 Å². The predicted molar refractivity (Wildman–Crippen MR) is 83.1 cm³/mol. The van der Waals surface area contributed by atoms with Gasteiger partial charge in [-0.25, -0.2) is 4.39 Å². The highest BCUT2D eigenvalue weighted by Crippen LogP contribution is 2.35. The smallest absolute Gasteiger partial charge is 0.201 e. The summed E-state index contributed by atoms with van der Waals surface area (Å²) in [5.41, 5.74) is 0.405. The maximum absolute atomic E-state index is 13.5. The Hall–Kier alpha value is -0.140. The van der Waals surface area contributed by atoms with Crippen LogP contribution in [-0.2, 0) is 0 Å². The van der Waals surface area contributed by atoms with Crippen LogP contribution in [0.1, 0.15) is 18.5 Å². The molecule has 0 radical (unpaired) electrons. The molecule has 1 atom stereocenters. The van der Waals surface area contributed by atoms with E-state index in [4.69, 9.17) is 0 Å².